The standard InChI is InChI=1S/C12H25N3O4S/c1-3-15(4-2)20(17,18)8-7-14-12(16)11-6-5-10(9-13)19-11/h10-11H,3-9,13H2,1-2H3,(H,14,16)/t10-,11+/m1/s1. The first-order valence-corrected chi connectivity index (χ1v) is 8.66. The molecule has 0 unspecified atom stereocenters. The Morgan fingerprint density at radius 1 is 1.35 bits per heavy atom. The molecular weight excluding hydrogens is 282 g/mol. The zero-order valence-electron chi connectivity index (χ0n) is 12.2. The molecule has 1 saturated heterocycles. The van der Waals surface area contributed by atoms with E-state index in [4.69, 9.17) is 10.5 Å². The van der Waals surface area contributed by atoms with Crippen LogP contribution < -0.4 is 11.1 Å². The number of hydrogen-bond acceptors (Lipinski definition) is 5. The van der Waals surface area contributed by atoms with E-state index in [1.807, 2.05) is 0 Å². The number of nitrogens with zero attached hydrogens (tertiary/aromatic N) is 1. The molecule has 1 fully saturated rings. The highest BCUT2D eigenvalue weighted by atomic mass is 32.2. The molecule has 1 heterocycles. The van der Waals surface area contributed by atoms with Gasteiger partial charge >= 0.3 is 0 Å². The van der Waals surface area contributed by atoms with Crippen LogP contribution in [0.25, 0.3) is 0 Å². The molecule has 3 N–H and O–H groups in total. The van der Waals surface area contributed by atoms with Gasteiger partial charge in [0, 0.05) is 26.2 Å². The van der Waals surface area contributed by atoms with E-state index in [0.29, 0.717) is 26.1 Å². The van der Waals surface area contributed by atoms with Gasteiger partial charge < -0.3 is 15.8 Å². The topological polar surface area (TPSA) is 102 Å². The monoisotopic (exact) mass is 307 g/mol. The second kappa shape index (κ2) is 7.92. The fourth-order valence-corrected chi connectivity index (χ4v) is 3.64. The van der Waals surface area contributed by atoms with Crippen LogP contribution in [-0.2, 0) is 19.6 Å². The summed E-state index contributed by atoms with van der Waals surface area (Å²) in [6, 6.07) is 0. The third-order valence-corrected chi connectivity index (χ3v) is 5.44. The Bertz CT molecular complexity index is 409. The van der Waals surface area contributed by atoms with Gasteiger partial charge in [0.05, 0.1) is 11.9 Å². The number of ether oxygens (including phenoxy) is 1. The molecule has 1 aliphatic rings. The summed E-state index contributed by atoms with van der Waals surface area (Å²) in [5.41, 5.74) is 5.48. The van der Waals surface area contributed by atoms with E-state index >= 15 is 0 Å². The van der Waals surface area contributed by atoms with Crippen molar-refractivity contribution < 1.29 is 17.9 Å². The van der Waals surface area contributed by atoms with Crippen molar-refractivity contribution in [1.29, 1.82) is 0 Å². The normalized spacial score (nSPS) is 23.2. The lowest BCUT2D eigenvalue weighted by atomic mass is 10.2. The summed E-state index contributed by atoms with van der Waals surface area (Å²) in [7, 11) is -3.30. The minimum atomic E-state index is -3.30. The van der Waals surface area contributed by atoms with Crippen molar-refractivity contribution in [3.8, 4) is 0 Å². The lowest BCUT2D eigenvalue weighted by Gasteiger charge is -2.19. The van der Waals surface area contributed by atoms with Gasteiger partial charge in [-0.25, -0.2) is 12.7 Å². The third-order valence-electron chi connectivity index (χ3n) is 3.42. The molecule has 0 radical (unpaired) electrons. The Morgan fingerprint density at radius 2 is 2.00 bits per heavy atom. The number of amides is 1. The number of rotatable bonds is 8. The highest BCUT2D eigenvalue weighted by molar-refractivity contribution is 7.89. The van der Waals surface area contributed by atoms with Gasteiger partial charge in [0.1, 0.15) is 6.10 Å². The Balaban J connectivity index is 2.35. The third kappa shape index (κ3) is 4.69. The average molecular weight is 307 g/mol. The fraction of sp³-hybridized carbons (Fsp3) is 0.917. The maximum Gasteiger partial charge on any atom is 0.249 e. The largest absolute Gasteiger partial charge is 0.364 e. The van der Waals surface area contributed by atoms with Crippen LogP contribution in [0.5, 0.6) is 0 Å². The van der Waals surface area contributed by atoms with Gasteiger partial charge in [0.25, 0.3) is 0 Å². The lowest BCUT2D eigenvalue weighted by Crippen LogP contribution is -2.41. The number of carbonyl (C=O) groups is 1. The minimum Gasteiger partial charge on any atom is -0.364 e. The van der Waals surface area contributed by atoms with E-state index in [2.05, 4.69) is 5.32 Å². The van der Waals surface area contributed by atoms with Gasteiger partial charge in [-0.05, 0) is 12.8 Å². The van der Waals surface area contributed by atoms with Gasteiger partial charge in [-0.3, -0.25) is 4.79 Å². The molecule has 118 valence electrons. The van der Waals surface area contributed by atoms with Crippen molar-refractivity contribution in [2.45, 2.75) is 38.9 Å². The molecule has 0 aromatic rings. The minimum absolute atomic E-state index is 0.0647. The predicted molar refractivity (Wildman–Crippen MR) is 76.7 cm³/mol. The Kier molecular flexibility index (Phi) is 6.87. The number of nitrogens with one attached hydrogen (secondary N) is 1. The summed E-state index contributed by atoms with van der Waals surface area (Å²) in [6.45, 7) is 4.97. The zero-order valence-corrected chi connectivity index (χ0v) is 13.0. The molecule has 2 atom stereocenters. The molecule has 20 heavy (non-hydrogen) atoms. The second-order valence-corrected chi connectivity index (χ2v) is 6.84. The molecule has 0 aromatic carbocycles. The molecule has 1 rings (SSSR count). The summed E-state index contributed by atoms with van der Waals surface area (Å²) in [6.07, 6.45) is 0.841. The fourth-order valence-electron chi connectivity index (χ4n) is 2.24. The van der Waals surface area contributed by atoms with E-state index in [1.54, 1.807) is 13.8 Å². The van der Waals surface area contributed by atoms with E-state index in [9.17, 15) is 13.2 Å². The van der Waals surface area contributed by atoms with Crippen LogP contribution in [0.1, 0.15) is 26.7 Å². The Hall–Kier alpha value is -0.700. The maximum absolute atomic E-state index is 11.9. The summed E-state index contributed by atoms with van der Waals surface area (Å²) in [5.74, 6) is -0.344. The van der Waals surface area contributed by atoms with Crippen LogP contribution in [0.2, 0.25) is 0 Å². The van der Waals surface area contributed by atoms with Gasteiger partial charge in [-0.1, -0.05) is 13.8 Å². The quantitative estimate of drug-likeness (QED) is 0.616. The number of sulfonamides is 1. The SMILES string of the molecule is CCN(CC)S(=O)(=O)CCNC(=O)[C@@H]1CC[C@H](CN)O1. The first kappa shape index (κ1) is 17.4. The maximum atomic E-state index is 11.9. The van der Waals surface area contributed by atoms with E-state index < -0.39 is 16.1 Å². The van der Waals surface area contributed by atoms with E-state index in [1.165, 1.54) is 4.31 Å². The average Bonchev–Trinajstić information content (AvgIpc) is 2.88. The zero-order chi connectivity index (χ0) is 15.2. The van der Waals surface area contributed by atoms with E-state index in [-0.39, 0.29) is 24.3 Å². The lowest BCUT2D eigenvalue weighted by molar-refractivity contribution is -0.131. The molecule has 1 amide bonds. The highest BCUT2D eigenvalue weighted by Crippen LogP contribution is 2.18. The van der Waals surface area contributed by atoms with Crippen LogP contribution >= 0.6 is 0 Å². The molecule has 1 aliphatic heterocycles. The summed E-state index contributed by atoms with van der Waals surface area (Å²) in [4.78, 5) is 11.8. The first-order chi connectivity index (χ1) is 9.44. The predicted octanol–water partition coefficient (Wildman–Crippen LogP) is -0.719. The van der Waals surface area contributed by atoms with Crippen molar-refractivity contribution in [2.75, 3.05) is 31.9 Å². The van der Waals surface area contributed by atoms with Crippen molar-refractivity contribution >= 4 is 15.9 Å². The van der Waals surface area contributed by atoms with Crippen LogP contribution in [0.15, 0.2) is 0 Å². The van der Waals surface area contributed by atoms with Crippen LogP contribution in [0, 0.1) is 0 Å². The molecule has 8 heteroatoms. The molecular formula is C12H25N3O4S. The number of hydrogen-bond donors (Lipinski definition) is 2. The first-order valence-electron chi connectivity index (χ1n) is 7.05. The van der Waals surface area contributed by atoms with Crippen molar-refractivity contribution in [3.05, 3.63) is 0 Å². The molecule has 0 spiro atoms. The van der Waals surface area contributed by atoms with Crippen molar-refractivity contribution in [3.63, 3.8) is 0 Å². The van der Waals surface area contributed by atoms with Crippen molar-refractivity contribution in [2.24, 2.45) is 5.73 Å². The van der Waals surface area contributed by atoms with Crippen LogP contribution in [0.3, 0.4) is 0 Å². The summed E-state index contributed by atoms with van der Waals surface area (Å²) >= 11 is 0. The summed E-state index contributed by atoms with van der Waals surface area (Å²) in [5, 5.41) is 2.62. The second-order valence-electron chi connectivity index (χ2n) is 4.75. The van der Waals surface area contributed by atoms with Crippen molar-refractivity contribution in [1.82, 2.24) is 9.62 Å². The van der Waals surface area contributed by atoms with E-state index in [0.717, 1.165) is 6.42 Å². The number of nitrogens with two attached hydrogens (primary N) is 1. The molecule has 0 bridgehead atoms. The van der Waals surface area contributed by atoms with Gasteiger partial charge in [-0.15, -0.1) is 0 Å². The van der Waals surface area contributed by atoms with Crippen LogP contribution in [-0.4, -0.2) is 62.8 Å². The van der Waals surface area contributed by atoms with Gasteiger partial charge in [-0.2, -0.15) is 0 Å². The Morgan fingerprint density at radius 3 is 2.50 bits per heavy atom. The molecule has 7 nitrogen and oxygen atoms in total. The van der Waals surface area contributed by atoms with Gasteiger partial charge in [0.2, 0.25) is 15.9 Å². The molecule has 0 aliphatic carbocycles. The van der Waals surface area contributed by atoms with Crippen LogP contribution in [0.4, 0.5) is 0 Å². The summed E-state index contributed by atoms with van der Waals surface area (Å²) < 4.78 is 30.7. The number of carbonyl (C=O) groups excluding carboxylic acids is 1. The molecule has 0 aromatic heterocycles. The molecule has 0 saturated carbocycles. The smallest absolute Gasteiger partial charge is 0.249 e. The highest BCUT2D eigenvalue weighted by Gasteiger charge is 2.30. The Labute approximate surface area is 120 Å². The van der Waals surface area contributed by atoms with Gasteiger partial charge in [0.15, 0.2) is 0 Å².